The maximum absolute atomic E-state index is 13.3. The molecule has 1 saturated heterocycles. The van der Waals surface area contributed by atoms with Crippen LogP contribution in [0.1, 0.15) is 45.1 Å². The summed E-state index contributed by atoms with van der Waals surface area (Å²) >= 11 is 0. The number of amides is 4. The molecule has 0 saturated carbocycles. The Bertz CT molecular complexity index is 1170. The largest absolute Gasteiger partial charge is 0.480 e. The van der Waals surface area contributed by atoms with E-state index in [2.05, 4.69) is 26.3 Å². The van der Waals surface area contributed by atoms with E-state index in [-0.39, 0.29) is 18.8 Å². The van der Waals surface area contributed by atoms with Gasteiger partial charge in [0.1, 0.15) is 18.1 Å². The molecule has 4 unspecified atom stereocenters. The smallest absolute Gasteiger partial charge is 0.326 e. The highest BCUT2D eigenvalue weighted by atomic mass is 16.4. The molecule has 2 aromatic rings. The van der Waals surface area contributed by atoms with Crippen molar-refractivity contribution in [3.63, 3.8) is 0 Å². The zero-order valence-electron chi connectivity index (χ0n) is 21.6. The van der Waals surface area contributed by atoms with Gasteiger partial charge in [0, 0.05) is 23.5 Å². The van der Waals surface area contributed by atoms with Crippen LogP contribution in [0.15, 0.2) is 30.5 Å². The van der Waals surface area contributed by atoms with Crippen LogP contribution in [0.3, 0.4) is 0 Å². The van der Waals surface area contributed by atoms with E-state index in [1.54, 1.807) is 6.20 Å². The van der Waals surface area contributed by atoms with Crippen molar-refractivity contribution >= 4 is 40.5 Å². The van der Waals surface area contributed by atoms with Crippen molar-refractivity contribution in [2.75, 3.05) is 6.54 Å². The van der Waals surface area contributed by atoms with E-state index >= 15 is 0 Å². The van der Waals surface area contributed by atoms with Crippen molar-refractivity contribution in [1.29, 1.82) is 0 Å². The van der Waals surface area contributed by atoms with Gasteiger partial charge in [-0.2, -0.15) is 0 Å². The van der Waals surface area contributed by atoms with Crippen molar-refractivity contribution in [3.05, 3.63) is 36.0 Å². The van der Waals surface area contributed by atoms with E-state index < -0.39 is 60.2 Å². The number of para-hydroxylation sites is 1. The third-order valence-corrected chi connectivity index (χ3v) is 6.47. The fourth-order valence-electron chi connectivity index (χ4n) is 4.56. The first kappa shape index (κ1) is 28.6. The fourth-order valence-corrected chi connectivity index (χ4v) is 4.56. The number of fused-ring (bicyclic) bond motifs is 1. The number of H-pyrrole nitrogens is 1. The minimum Gasteiger partial charge on any atom is -0.480 e. The number of rotatable bonds is 13. The molecule has 12 nitrogen and oxygen atoms in total. The molecule has 1 aromatic heterocycles. The van der Waals surface area contributed by atoms with E-state index in [0.29, 0.717) is 13.0 Å². The Morgan fingerprint density at radius 1 is 1.03 bits per heavy atom. The minimum absolute atomic E-state index is 0.00239. The number of hydrogen-bond acceptors (Lipinski definition) is 6. The monoisotopic (exact) mass is 528 g/mol. The van der Waals surface area contributed by atoms with Gasteiger partial charge in [-0.15, -0.1) is 0 Å². The molecule has 0 radical (unpaired) electrons. The molecule has 1 fully saturated rings. The zero-order chi connectivity index (χ0) is 27.8. The number of aliphatic carboxylic acids is 1. The van der Waals surface area contributed by atoms with Crippen LogP contribution in [0.4, 0.5) is 0 Å². The molecular weight excluding hydrogens is 492 g/mol. The van der Waals surface area contributed by atoms with E-state index in [1.807, 2.05) is 38.1 Å². The molecule has 12 heteroatoms. The summed E-state index contributed by atoms with van der Waals surface area (Å²) in [5.74, 6) is -3.90. The lowest BCUT2D eigenvalue weighted by Gasteiger charge is -2.25. The first-order valence-corrected chi connectivity index (χ1v) is 12.8. The Labute approximate surface area is 220 Å². The number of carboxylic acid groups (broad SMARTS) is 1. The normalized spacial score (nSPS) is 17.5. The van der Waals surface area contributed by atoms with Crippen LogP contribution in [-0.4, -0.2) is 70.4 Å². The summed E-state index contributed by atoms with van der Waals surface area (Å²) in [6, 6.07) is 3.29. The van der Waals surface area contributed by atoms with Crippen LogP contribution in [0.25, 0.3) is 10.9 Å². The molecule has 3 rings (SSSR count). The van der Waals surface area contributed by atoms with E-state index in [0.717, 1.165) is 22.9 Å². The summed E-state index contributed by atoms with van der Waals surface area (Å²) in [4.78, 5) is 65.8. The maximum atomic E-state index is 13.3. The number of carbonyl (C=O) groups excluding carboxylic acids is 4. The highest BCUT2D eigenvalue weighted by Crippen LogP contribution is 2.19. The number of carbonyl (C=O) groups is 5. The summed E-state index contributed by atoms with van der Waals surface area (Å²) in [6.07, 6.45) is 2.89. The average molecular weight is 529 g/mol. The topological polar surface area (TPSA) is 196 Å². The number of hydrogen-bond donors (Lipinski definition) is 7. The Morgan fingerprint density at radius 2 is 1.71 bits per heavy atom. The Balaban J connectivity index is 1.83. The van der Waals surface area contributed by atoms with Gasteiger partial charge in [-0.25, -0.2) is 4.79 Å². The van der Waals surface area contributed by atoms with E-state index in [9.17, 15) is 29.1 Å². The molecule has 38 heavy (non-hydrogen) atoms. The third kappa shape index (κ3) is 7.78. The summed E-state index contributed by atoms with van der Waals surface area (Å²) < 4.78 is 0. The third-order valence-electron chi connectivity index (χ3n) is 6.47. The highest BCUT2D eigenvalue weighted by Gasteiger charge is 2.32. The standard InChI is InChI=1S/C26H36N6O6/c1-14(2)10-21(26(37)38)32-24(35)19(11-15-13-29-17-7-4-3-6-16(15)17)30-25(36)20(12-22(27)33)31-23(34)18-8-5-9-28-18/h3-4,6-7,13-14,18-21,28-29H,5,8-12H2,1-2H3,(H2,27,33)(H,30,36)(H,31,34)(H,32,35)(H,37,38). The van der Waals surface area contributed by atoms with Crippen LogP contribution >= 0.6 is 0 Å². The zero-order valence-corrected chi connectivity index (χ0v) is 21.6. The average Bonchev–Trinajstić information content (AvgIpc) is 3.53. The molecule has 1 aromatic carbocycles. The van der Waals surface area contributed by atoms with E-state index in [4.69, 9.17) is 5.73 Å². The second kappa shape index (κ2) is 13.0. The predicted octanol–water partition coefficient (Wildman–Crippen LogP) is -0.0771. The van der Waals surface area contributed by atoms with Crippen LogP contribution < -0.4 is 27.0 Å². The molecule has 0 bridgehead atoms. The summed E-state index contributed by atoms with van der Waals surface area (Å²) in [5.41, 5.74) is 6.89. The number of primary amides is 1. The fraction of sp³-hybridized carbons (Fsp3) is 0.500. The van der Waals surface area contributed by atoms with Crippen molar-refractivity contribution < 1.29 is 29.1 Å². The van der Waals surface area contributed by atoms with Crippen molar-refractivity contribution in [1.82, 2.24) is 26.3 Å². The quantitative estimate of drug-likeness (QED) is 0.189. The number of carboxylic acids is 1. The lowest BCUT2D eigenvalue weighted by atomic mass is 10.0. The molecule has 4 atom stereocenters. The first-order chi connectivity index (χ1) is 18.0. The van der Waals surface area contributed by atoms with Crippen LogP contribution in [0, 0.1) is 5.92 Å². The van der Waals surface area contributed by atoms with Gasteiger partial charge in [-0.3, -0.25) is 19.2 Å². The molecule has 0 spiro atoms. The predicted molar refractivity (Wildman–Crippen MR) is 140 cm³/mol. The summed E-state index contributed by atoms with van der Waals surface area (Å²) in [5, 5.41) is 21.2. The minimum atomic E-state index is -1.30. The van der Waals surface area contributed by atoms with Crippen molar-refractivity contribution in [3.8, 4) is 0 Å². The Morgan fingerprint density at radius 3 is 2.34 bits per heavy atom. The van der Waals surface area contributed by atoms with Gasteiger partial charge in [-0.1, -0.05) is 32.0 Å². The SMILES string of the molecule is CC(C)CC(NC(=O)C(Cc1c[nH]c2ccccc12)NC(=O)C(CC(N)=O)NC(=O)C1CCCN1)C(=O)O. The molecule has 4 amide bonds. The Hall–Kier alpha value is -3.93. The number of nitrogens with two attached hydrogens (primary N) is 1. The summed E-state index contributed by atoms with van der Waals surface area (Å²) in [6.45, 7) is 4.34. The number of benzene rings is 1. The van der Waals surface area contributed by atoms with E-state index in [1.165, 1.54) is 0 Å². The van der Waals surface area contributed by atoms with Crippen LogP contribution in [0.5, 0.6) is 0 Å². The van der Waals surface area contributed by atoms with Crippen molar-refractivity contribution in [2.45, 2.75) is 70.1 Å². The van der Waals surface area contributed by atoms with Gasteiger partial charge in [-0.05, 0) is 43.4 Å². The first-order valence-electron chi connectivity index (χ1n) is 12.8. The molecule has 1 aliphatic rings. The van der Waals surface area contributed by atoms with Gasteiger partial charge < -0.3 is 37.1 Å². The second-order valence-corrected chi connectivity index (χ2v) is 10.0. The van der Waals surface area contributed by atoms with Crippen molar-refractivity contribution in [2.24, 2.45) is 11.7 Å². The van der Waals surface area contributed by atoms with Crippen LogP contribution in [0.2, 0.25) is 0 Å². The van der Waals surface area contributed by atoms with Gasteiger partial charge in [0.2, 0.25) is 23.6 Å². The van der Waals surface area contributed by atoms with Gasteiger partial charge in [0.15, 0.2) is 0 Å². The summed E-state index contributed by atoms with van der Waals surface area (Å²) in [7, 11) is 0. The Kier molecular flexibility index (Phi) is 9.83. The lowest BCUT2D eigenvalue weighted by Crippen LogP contribution is -2.58. The molecule has 1 aliphatic heterocycles. The second-order valence-electron chi connectivity index (χ2n) is 10.0. The maximum Gasteiger partial charge on any atom is 0.326 e. The van der Waals surface area contributed by atoms with Gasteiger partial charge >= 0.3 is 5.97 Å². The number of aromatic amines is 1. The molecule has 206 valence electrons. The molecule has 8 N–H and O–H groups in total. The lowest BCUT2D eigenvalue weighted by molar-refractivity contribution is -0.143. The number of aromatic nitrogens is 1. The molecule has 0 aliphatic carbocycles. The van der Waals surface area contributed by atoms with Gasteiger partial charge in [0.05, 0.1) is 12.5 Å². The molecule has 2 heterocycles. The van der Waals surface area contributed by atoms with Crippen LogP contribution in [-0.2, 0) is 30.4 Å². The molecular formula is C26H36N6O6. The highest BCUT2D eigenvalue weighted by molar-refractivity contribution is 5.96. The van der Waals surface area contributed by atoms with Gasteiger partial charge in [0.25, 0.3) is 0 Å². The number of nitrogens with one attached hydrogen (secondary N) is 5.